The normalized spacial score (nSPS) is 13.5. The van der Waals surface area contributed by atoms with Crippen LogP contribution in [0.3, 0.4) is 0 Å². The van der Waals surface area contributed by atoms with Crippen LogP contribution in [0.25, 0.3) is 0 Å². The summed E-state index contributed by atoms with van der Waals surface area (Å²) in [6.45, 7) is 4.47. The summed E-state index contributed by atoms with van der Waals surface area (Å²) in [4.78, 5) is 0. The summed E-state index contributed by atoms with van der Waals surface area (Å²) in [5.41, 5.74) is 0. The van der Waals surface area contributed by atoms with Crippen LogP contribution in [0.1, 0.15) is 90.9 Å². The Kier molecular flexibility index (Phi) is 13.4. The van der Waals surface area contributed by atoms with Crippen LogP contribution >= 0.6 is 0 Å². The van der Waals surface area contributed by atoms with Crippen molar-refractivity contribution >= 4 is 10.4 Å². The molecule has 0 heterocycles. The zero-order chi connectivity index (χ0) is 16.0. The second-order valence-electron chi connectivity index (χ2n) is 5.98. The molecular formula is C16H34O4S. The molecule has 5 heteroatoms. The van der Waals surface area contributed by atoms with E-state index in [1.54, 1.807) is 0 Å². The van der Waals surface area contributed by atoms with Gasteiger partial charge in [-0.3, -0.25) is 4.55 Å². The summed E-state index contributed by atoms with van der Waals surface area (Å²) in [5.74, 6) is 0.243. The maximum atomic E-state index is 10.6. The summed E-state index contributed by atoms with van der Waals surface area (Å²) in [5, 5.41) is 0. The third-order valence-corrected chi connectivity index (χ3v) is 4.32. The van der Waals surface area contributed by atoms with Gasteiger partial charge in [-0.15, -0.1) is 0 Å². The molecule has 0 fully saturated rings. The maximum absolute atomic E-state index is 10.6. The monoisotopic (exact) mass is 322 g/mol. The van der Waals surface area contributed by atoms with Crippen LogP contribution in [0, 0.1) is 5.92 Å². The van der Waals surface area contributed by atoms with Crippen molar-refractivity contribution in [2.75, 3.05) is 6.61 Å². The number of hydrogen-bond acceptors (Lipinski definition) is 3. The highest BCUT2D eigenvalue weighted by atomic mass is 32.3. The van der Waals surface area contributed by atoms with Crippen molar-refractivity contribution in [2.45, 2.75) is 90.9 Å². The number of unbranched alkanes of at least 4 members (excludes halogenated alkanes) is 8. The molecule has 1 N–H and O–H groups in total. The molecule has 1 unspecified atom stereocenters. The van der Waals surface area contributed by atoms with Crippen molar-refractivity contribution in [2.24, 2.45) is 5.92 Å². The Morgan fingerprint density at radius 2 is 1.29 bits per heavy atom. The third kappa shape index (κ3) is 16.1. The van der Waals surface area contributed by atoms with Crippen molar-refractivity contribution in [3.05, 3.63) is 0 Å². The van der Waals surface area contributed by atoms with Gasteiger partial charge in [0.25, 0.3) is 0 Å². The minimum atomic E-state index is -4.29. The first-order valence-electron chi connectivity index (χ1n) is 8.61. The predicted molar refractivity (Wildman–Crippen MR) is 87.7 cm³/mol. The zero-order valence-corrected chi connectivity index (χ0v) is 14.7. The highest BCUT2D eigenvalue weighted by molar-refractivity contribution is 7.80. The van der Waals surface area contributed by atoms with Crippen molar-refractivity contribution in [3.63, 3.8) is 0 Å². The molecule has 1 atom stereocenters. The minimum Gasteiger partial charge on any atom is -0.264 e. The van der Waals surface area contributed by atoms with Crippen LogP contribution in [0.5, 0.6) is 0 Å². The zero-order valence-electron chi connectivity index (χ0n) is 13.8. The molecule has 0 radical (unpaired) electrons. The van der Waals surface area contributed by atoms with Crippen molar-refractivity contribution in [1.29, 1.82) is 0 Å². The lowest BCUT2D eigenvalue weighted by molar-refractivity contribution is 0.205. The van der Waals surface area contributed by atoms with Gasteiger partial charge in [-0.25, -0.2) is 4.18 Å². The fraction of sp³-hybridized carbons (Fsp3) is 1.00. The van der Waals surface area contributed by atoms with Crippen LogP contribution in [0.2, 0.25) is 0 Å². The van der Waals surface area contributed by atoms with E-state index in [1.807, 2.05) is 0 Å². The molecule has 128 valence electrons. The lowest BCUT2D eigenvalue weighted by atomic mass is 9.96. The van der Waals surface area contributed by atoms with Gasteiger partial charge in [-0.2, -0.15) is 8.42 Å². The lowest BCUT2D eigenvalue weighted by Crippen LogP contribution is -2.14. The molecule has 21 heavy (non-hydrogen) atoms. The Morgan fingerprint density at radius 3 is 1.81 bits per heavy atom. The molecule has 0 saturated carbocycles. The fourth-order valence-corrected chi connectivity index (χ4v) is 2.92. The van der Waals surface area contributed by atoms with Crippen molar-refractivity contribution < 1.29 is 17.2 Å². The molecule has 0 aromatic carbocycles. The fourth-order valence-electron chi connectivity index (χ4n) is 2.55. The Hall–Kier alpha value is -0.130. The van der Waals surface area contributed by atoms with Gasteiger partial charge < -0.3 is 0 Å². The molecule has 0 rings (SSSR count). The summed E-state index contributed by atoms with van der Waals surface area (Å²) in [7, 11) is -4.29. The Morgan fingerprint density at radius 1 is 0.810 bits per heavy atom. The maximum Gasteiger partial charge on any atom is 0.397 e. The second kappa shape index (κ2) is 13.5. The van der Waals surface area contributed by atoms with E-state index in [4.69, 9.17) is 4.55 Å². The molecule has 4 nitrogen and oxygen atoms in total. The van der Waals surface area contributed by atoms with E-state index in [1.165, 1.54) is 44.9 Å². The van der Waals surface area contributed by atoms with Gasteiger partial charge >= 0.3 is 10.4 Å². The van der Waals surface area contributed by atoms with Crippen LogP contribution in [0.4, 0.5) is 0 Å². The van der Waals surface area contributed by atoms with Crippen LogP contribution in [-0.2, 0) is 14.6 Å². The summed E-state index contributed by atoms with van der Waals surface area (Å²) in [6, 6.07) is 0. The van der Waals surface area contributed by atoms with Gasteiger partial charge in [0.2, 0.25) is 0 Å². The average molecular weight is 323 g/mol. The first-order valence-corrected chi connectivity index (χ1v) is 9.98. The molecule has 0 aliphatic rings. The number of rotatable bonds is 15. The molecule has 0 aliphatic heterocycles. The minimum absolute atomic E-state index is 0.120. The molecule has 0 aliphatic carbocycles. The molecule has 0 aromatic heterocycles. The van der Waals surface area contributed by atoms with E-state index < -0.39 is 10.4 Å². The quantitative estimate of drug-likeness (QED) is 0.335. The molecule has 0 amide bonds. The third-order valence-electron chi connectivity index (χ3n) is 3.88. The first-order chi connectivity index (χ1) is 9.99. The summed E-state index contributed by atoms with van der Waals surface area (Å²) < 4.78 is 34.5. The van der Waals surface area contributed by atoms with Crippen LogP contribution < -0.4 is 0 Å². The predicted octanol–water partition coefficient (Wildman–Crippen LogP) is 5.14. The summed E-state index contributed by atoms with van der Waals surface area (Å²) in [6.07, 6.45) is 14.3. The second-order valence-corrected chi connectivity index (χ2v) is 7.08. The van der Waals surface area contributed by atoms with E-state index in [0.29, 0.717) is 0 Å². The highest BCUT2D eigenvalue weighted by Gasteiger charge is 2.13. The molecule has 0 bridgehead atoms. The SMILES string of the molecule is CCCCCCCCCCC(CCCC)COS(=O)(=O)O. The topological polar surface area (TPSA) is 63.6 Å². The highest BCUT2D eigenvalue weighted by Crippen LogP contribution is 2.19. The molecular weight excluding hydrogens is 288 g/mol. The van der Waals surface area contributed by atoms with Crippen molar-refractivity contribution in [3.8, 4) is 0 Å². The van der Waals surface area contributed by atoms with Gasteiger partial charge in [0.1, 0.15) is 0 Å². The van der Waals surface area contributed by atoms with Gasteiger partial charge in [-0.1, -0.05) is 78.1 Å². The van der Waals surface area contributed by atoms with E-state index >= 15 is 0 Å². The van der Waals surface area contributed by atoms with E-state index in [9.17, 15) is 8.42 Å². The largest absolute Gasteiger partial charge is 0.397 e. The Bertz CT molecular complexity index is 314. The standard InChI is InChI=1S/C16H34O4S/c1-3-5-7-8-9-10-11-12-14-16(13-6-4-2)15-20-21(17,18)19/h16H,3-15H2,1-2H3,(H,17,18,19). The Balaban J connectivity index is 3.70. The van der Waals surface area contributed by atoms with Gasteiger partial charge in [0.15, 0.2) is 0 Å². The number of hydrogen-bond donors (Lipinski definition) is 1. The van der Waals surface area contributed by atoms with Gasteiger partial charge in [-0.05, 0) is 18.8 Å². The lowest BCUT2D eigenvalue weighted by Gasteiger charge is -2.15. The van der Waals surface area contributed by atoms with E-state index in [2.05, 4.69) is 18.0 Å². The molecule has 0 aromatic rings. The van der Waals surface area contributed by atoms with Crippen molar-refractivity contribution in [1.82, 2.24) is 0 Å². The summed E-state index contributed by atoms with van der Waals surface area (Å²) >= 11 is 0. The van der Waals surface area contributed by atoms with Crippen LogP contribution in [0.15, 0.2) is 0 Å². The Labute approximate surface area is 131 Å². The average Bonchev–Trinajstić information content (AvgIpc) is 2.42. The molecule has 0 saturated heterocycles. The van der Waals surface area contributed by atoms with Gasteiger partial charge in [0.05, 0.1) is 6.61 Å². The van der Waals surface area contributed by atoms with Crippen LogP contribution in [-0.4, -0.2) is 19.6 Å². The first kappa shape index (κ1) is 20.9. The molecule has 0 spiro atoms. The van der Waals surface area contributed by atoms with E-state index in [0.717, 1.165) is 32.1 Å². The van der Waals surface area contributed by atoms with Gasteiger partial charge in [0, 0.05) is 0 Å². The smallest absolute Gasteiger partial charge is 0.264 e. The van der Waals surface area contributed by atoms with E-state index in [-0.39, 0.29) is 12.5 Å².